The molecule has 6 rings (SSSR count). The number of carbonyl (C=O) groups is 2. The number of alkyl halides is 2. The van der Waals surface area contributed by atoms with Crippen LogP contribution >= 0.6 is 11.6 Å². The molecule has 8 nitrogen and oxygen atoms in total. The first kappa shape index (κ1) is 30.2. The van der Waals surface area contributed by atoms with Crippen molar-refractivity contribution in [3.63, 3.8) is 0 Å². The number of amides is 2. The van der Waals surface area contributed by atoms with Crippen LogP contribution in [0.25, 0.3) is 22.2 Å². The Bertz CT molecular complexity index is 1780. The number of fused-ring (bicyclic) bond motifs is 1. The topological polar surface area (TPSA) is 100 Å². The molecule has 0 radical (unpaired) electrons. The molecule has 230 valence electrons. The molecule has 2 aromatic carbocycles. The largest absolute Gasteiger partial charge is 0.384 e. The fourth-order valence-electron chi connectivity index (χ4n) is 6.48. The Morgan fingerprint density at radius 3 is 2.64 bits per heavy atom. The molecule has 2 aliphatic rings. The number of carbonyl (C=O) groups excluding carboxylic acids is 2. The predicted molar refractivity (Wildman–Crippen MR) is 158 cm³/mol. The summed E-state index contributed by atoms with van der Waals surface area (Å²) in [6.07, 6.45) is 3.52. The van der Waals surface area contributed by atoms with Gasteiger partial charge in [0.15, 0.2) is 0 Å². The molecule has 2 atom stereocenters. The van der Waals surface area contributed by atoms with Gasteiger partial charge in [-0.3, -0.25) is 24.8 Å². The van der Waals surface area contributed by atoms with Gasteiger partial charge in [-0.25, -0.2) is 9.07 Å². The van der Waals surface area contributed by atoms with Gasteiger partial charge in [-0.05, 0) is 48.2 Å². The highest BCUT2D eigenvalue weighted by atomic mass is 35.5. The molecule has 0 unspecified atom stereocenters. The quantitative estimate of drug-likeness (QED) is 0.258. The van der Waals surface area contributed by atoms with Gasteiger partial charge in [0.05, 0.1) is 27.8 Å². The average molecular weight is 626 g/mol. The van der Waals surface area contributed by atoms with E-state index >= 15 is 4.39 Å². The summed E-state index contributed by atoms with van der Waals surface area (Å²) in [6.45, 7) is 2.51. The summed E-state index contributed by atoms with van der Waals surface area (Å²) in [5.41, 5.74) is 0.643. The van der Waals surface area contributed by atoms with Crippen LogP contribution in [0.1, 0.15) is 62.3 Å². The maximum Gasteiger partial charge on any atom is 0.333 e. The van der Waals surface area contributed by atoms with Gasteiger partial charge in [0, 0.05) is 60.4 Å². The summed E-state index contributed by atoms with van der Waals surface area (Å²) < 4.78 is 42.7. The van der Waals surface area contributed by atoms with E-state index < -0.39 is 35.2 Å². The highest BCUT2D eigenvalue weighted by Gasteiger charge is 2.50. The number of aliphatic hydroxyl groups is 1. The fraction of sp³-hybridized carbons (Fsp3) is 0.375. The van der Waals surface area contributed by atoms with Crippen LogP contribution in [0.5, 0.6) is 0 Å². The minimum Gasteiger partial charge on any atom is -0.384 e. The highest BCUT2D eigenvalue weighted by Crippen LogP contribution is 2.48. The number of pyridine rings is 1. The van der Waals surface area contributed by atoms with Crippen LogP contribution in [-0.2, 0) is 21.7 Å². The second kappa shape index (κ2) is 11.3. The number of hydrogen-bond donors (Lipinski definition) is 2. The first-order valence-corrected chi connectivity index (χ1v) is 14.7. The van der Waals surface area contributed by atoms with Crippen LogP contribution in [0.2, 0.25) is 5.02 Å². The molecule has 0 spiro atoms. The molecule has 4 aromatic rings. The van der Waals surface area contributed by atoms with Crippen molar-refractivity contribution in [3.8, 4) is 11.3 Å². The van der Waals surface area contributed by atoms with Gasteiger partial charge in [0.1, 0.15) is 5.82 Å². The van der Waals surface area contributed by atoms with E-state index in [-0.39, 0.29) is 29.7 Å². The molecule has 2 aliphatic heterocycles. The number of hydrogen-bond acceptors (Lipinski definition) is 6. The molecule has 2 saturated heterocycles. The zero-order valence-electron chi connectivity index (χ0n) is 24.2. The van der Waals surface area contributed by atoms with E-state index in [9.17, 15) is 23.5 Å². The lowest BCUT2D eigenvalue weighted by molar-refractivity contribution is -0.134. The number of piperidine rings is 2. The van der Waals surface area contributed by atoms with E-state index in [2.05, 4.69) is 20.3 Å². The van der Waals surface area contributed by atoms with Crippen molar-refractivity contribution in [2.75, 3.05) is 13.1 Å². The second-order valence-electron chi connectivity index (χ2n) is 12.2. The van der Waals surface area contributed by atoms with Crippen LogP contribution < -0.4 is 5.32 Å². The Kier molecular flexibility index (Phi) is 7.75. The molecule has 4 heterocycles. The molecule has 0 saturated carbocycles. The first-order chi connectivity index (χ1) is 20.9. The predicted octanol–water partition coefficient (Wildman–Crippen LogP) is 5.93. The minimum atomic E-state index is -2.74. The minimum absolute atomic E-state index is 0.174. The van der Waals surface area contributed by atoms with Crippen LogP contribution in [0, 0.1) is 11.2 Å². The number of rotatable bonds is 6. The van der Waals surface area contributed by atoms with Gasteiger partial charge in [0.2, 0.25) is 11.8 Å². The first-order valence-electron chi connectivity index (χ1n) is 14.4. The number of nitrogens with zero attached hydrogens (tertiary/aromatic N) is 4. The van der Waals surface area contributed by atoms with E-state index in [1.807, 2.05) is 19.9 Å². The lowest BCUT2D eigenvalue weighted by Gasteiger charge is -2.50. The molecule has 2 fully saturated rings. The van der Waals surface area contributed by atoms with Gasteiger partial charge in [-0.15, -0.1) is 0 Å². The molecule has 44 heavy (non-hydrogen) atoms. The highest BCUT2D eigenvalue weighted by molar-refractivity contribution is 6.33. The summed E-state index contributed by atoms with van der Waals surface area (Å²) in [7, 11) is 0. The summed E-state index contributed by atoms with van der Waals surface area (Å²) in [4.78, 5) is 30.6. The monoisotopic (exact) mass is 625 g/mol. The molecule has 2 N–H and O–H groups in total. The second-order valence-corrected chi connectivity index (χ2v) is 12.7. The van der Waals surface area contributed by atoms with Gasteiger partial charge in [-0.1, -0.05) is 43.6 Å². The Morgan fingerprint density at radius 2 is 1.95 bits per heavy atom. The number of halogens is 4. The lowest BCUT2D eigenvalue weighted by Crippen LogP contribution is -2.55. The number of likely N-dealkylation sites (tertiary alicyclic amines) is 1. The van der Waals surface area contributed by atoms with E-state index in [1.54, 1.807) is 30.3 Å². The van der Waals surface area contributed by atoms with Gasteiger partial charge >= 0.3 is 6.55 Å². The molecule has 2 amide bonds. The molecule has 12 heteroatoms. The van der Waals surface area contributed by atoms with Crippen LogP contribution in [0.15, 0.2) is 54.9 Å². The lowest BCUT2D eigenvalue weighted by atomic mass is 9.66. The Morgan fingerprint density at radius 1 is 1.16 bits per heavy atom. The van der Waals surface area contributed by atoms with Gasteiger partial charge in [-0.2, -0.15) is 13.9 Å². The normalized spacial score (nSPS) is 22.5. The SMILES string of the molecule is CC1(C)CN(Cc2ccc(-c3ccn(C(F)F)n3)c(Cl)c2)CC[C@@]1(O)c1ccc2ncc([C@@H]3CCC(=O)NC3=O)cc2c1F. The number of imide groups is 1. The smallest absolute Gasteiger partial charge is 0.333 e. The number of benzene rings is 2. The van der Waals surface area contributed by atoms with E-state index in [0.29, 0.717) is 58.1 Å². The zero-order chi connectivity index (χ0) is 31.4. The molecule has 2 aromatic heterocycles. The number of nitrogens with one attached hydrogen (secondary N) is 1. The van der Waals surface area contributed by atoms with E-state index in [1.165, 1.54) is 18.5 Å². The van der Waals surface area contributed by atoms with E-state index in [4.69, 9.17) is 11.6 Å². The van der Waals surface area contributed by atoms with Crippen molar-refractivity contribution in [1.29, 1.82) is 0 Å². The fourth-order valence-corrected chi connectivity index (χ4v) is 6.78. The third kappa shape index (κ3) is 5.37. The van der Waals surface area contributed by atoms with Crippen molar-refractivity contribution >= 4 is 34.3 Å². The molecular formula is C32H31ClF3N5O3. The Labute approximate surface area is 256 Å². The third-order valence-corrected chi connectivity index (χ3v) is 9.27. The van der Waals surface area contributed by atoms with Crippen molar-refractivity contribution in [2.24, 2.45) is 5.41 Å². The average Bonchev–Trinajstić information content (AvgIpc) is 3.46. The molecule has 0 bridgehead atoms. The Hall–Kier alpha value is -3.80. The van der Waals surface area contributed by atoms with E-state index in [0.717, 1.165) is 5.56 Å². The van der Waals surface area contributed by atoms with Gasteiger partial charge < -0.3 is 5.11 Å². The third-order valence-electron chi connectivity index (χ3n) is 8.96. The standard InChI is InChI=1S/C32H31ClF3N5O3/c1-31(2)17-40(16-18-3-4-21(24(33)13-18)26-9-11-41(39-26)30(35)36)12-10-32(31,44)23-6-7-25-22(28(23)34)14-19(15-37-25)20-5-8-27(42)38-29(20)43/h3-4,6-7,9,11,13-15,20,30,44H,5,8,10,12,16-17H2,1-2H3,(H,38,42,43)/t20-,32+/m0/s1. The van der Waals surface area contributed by atoms with Crippen molar-refractivity contribution in [2.45, 2.75) is 57.7 Å². The maximum absolute atomic E-state index is 16.2. The summed E-state index contributed by atoms with van der Waals surface area (Å²) >= 11 is 6.51. The number of aromatic nitrogens is 3. The summed E-state index contributed by atoms with van der Waals surface area (Å²) in [5, 5.41) is 18.9. The summed E-state index contributed by atoms with van der Waals surface area (Å²) in [6, 6.07) is 11.7. The van der Waals surface area contributed by atoms with Crippen molar-refractivity contribution in [3.05, 3.63) is 82.4 Å². The van der Waals surface area contributed by atoms with Gasteiger partial charge in [0.25, 0.3) is 0 Å². The van der Waals surface area contributed by atoms with Crippen molar-refractivity contribution in [1.82, 2.24) is 25.0 Å². The zero-order valence-corrected chi connectivity index (χ0v) is 24.9. The Balaban J connectivity index is 1.22. The van der Waals surface area contributed by atoms with Crippen LogP contribution in [0.4, 0.5) is 13.2 Å². The maximum atomic E-state index is 16.2. The van der Waals surface area contributed by atoms with Crippen LogP contribution in [-0.4, -0.2) is 49.7 Å². The molecular weight excluding hydrogens is 595 g/mol. The molecule has 0 aliphatic carbocycles. The van der Waals surface area contributed by atoms with Crippen molar-refractivity contribution < 1.29 is 27.9 Å². The summed E-state index contributed by atoms with van der Waals surface area (Å²) in [5.74, 6) is -1.94. The van der Waals surface area contributed by atoms with Crippen LogP contribution in [0.3, 0.4) is 0 Å².